The fourth-order valence-corrected chi connectivity index (χ4v) is 4.76. The van der Waals surface area contributed by atoms with E-state index in [1.807, 2.05) is 29.7 Å². The van der Waals surface area contributed by atoms with Gasteiger partial charge >= 0.3 is 0 Å². The molecule has 0 fully saturated rings. The van der Waals surface area contributed by atoms with Gasteiger partial charge in [-0.1, -0.05) is 27.3 Å². The lowest BCUT2D eigenvalue weighted by Crippen LogP contribution is -2.19. The zero-order valence-electron chi connectivity index (χ0n) is 18.4. The summed E-state index contributed by atoms with van der Waals surface area (Å²) in [5.74, 6) is 1.16. The van der Waals surface area contributed by atoms with Gasteiger partial charge in [0.15, 0.2) is 16.3 Å². The lowest BCUT2D eigenvalue weighted by molar-refractivity contribution is -0.113. The molecule has 32 heavy (non-hydrogen) atoms. The Morgan fingerprint density at radius 3 is 2.47 bits per heavy atom. The van der Waals surface area contributed by atoms with E-state index in [4.69, 9.17) is 18.9 Å². The first kappa shape index (κ1) is 24.0. The quantitative estimate of drug-likeness (QED) is 0.303. The number of ether oxygens (including phenoxy) is 4. The molecule has 0 unspecified atom stereocenters. The molecule has 1 amide bonds. The van der Waals surface area contributed by atoms with Crippen molar-refractivity contribution in [2.24, 2.45) is 4.99 Å². The van der Waals surface area contributed by atoms with Crippen molar-refractivity contribution in [1.29, 1.82) is 0 Å². The lowest BCUT2D eigenvalue weighted by atomic mass is 10.1. The average Bonchev–Trinajstić information content (AvgIpc) is 3.12. The number of nitrogens with zero attached hydrogens (tertiary/aromatic N) is 2. The number of hydrogen-bond acceptors (Lipinski definition) is 6. The molecule has 1 aromatic heterocycles. The Bertz CT molecular complexity index is 1170. The number of fused-ring (bicyclic) bond motifs is 1. The molecule has 9 heteroatoms. The van der Waals surface area contributed by atoms with E-state index < -0.39 is 0 Å². The van der Waals surface area contributed by atoms with Crippen LogP contribution in [0, 0.1) is 0 Å². The van der Waals surface area contributed by atoms with Crippen LogP contribution in [-0.2, 0) is 16.1 Å². The number of halogens is 1. The molecule has 7 nitrogen and oxygen atoms in total. The van der Waals surface area contributed by atoms with E-state index >= 15 is 0 Å². The van der Waals surface area contributed by atoms with Crippen LogP contribution in [0.5, 0.6) is 17.2 Å². The van der Waals surface area contributed by atoms with Gasteiger partial charge in [0.2, 0.25) is 5.75 Å². The lowest BCUT2D eigenvalue weighted by Gasteiger charge is -2.12. The Labute approximate surface area is 199 Å². The van der Waals surface area contributed by atoms with Gasteiger partial charge in [-0.3, -0.25) is 4.79 Å². The maximum absolute atomic E-state index is 12.7. The maximum atomic E-state index is 12.7. The molecule has 0 atom stereocenters. The van der Waals surface area contributed by atoms with Gasteiger partial charge in [0.25, 0.3) is 5.91 Å². The van der Waals surface area contributed by atoms with Gasteiger partial charge in [-0.15, -0.1) is 0 Å². The first-order valence-corrected chi connectivity index (χ1v) is 11.5. The SMILES string of the molecule is CCOCCn1c(=NC(=O)C=Cc2cc(OC)c(OC)c(OC)c2)sc2cc(Br)ccc21. The minimum Gasteiger partial charge on any atom is -0.493 e. The molecule has 0 saturated carbocycles. The number of hydrogen-bond donors (Lipinski definition) is 0. The molecule has 0 spiro atoms. The topological polar surface area (TPSA) is 71.3 Å². The van der Waals surface area contributed by atoms with Crippen LogP contribution in [0.4, 0.5) is 0 Å². The highest BCUT2D eigenvalue weighted by Crippen LogP contribution is 2.38. The van der Waals surface area contributed by atoms with E-state index in [1.165, 1.54) is 17.4 Å². The zero-order valence-corrected chi connectivity index (χ0v) is 20.8. The van der Waals surface area contributed by atoms with Crippen LogP contribution in [0.25, 0.3) is 16.3 Å². The smallest absolute Gasteiger partial charge is 0.272 e. The van der Waals surface area contributed by atoms with E-state index in [0.29, 0.717) is 41.8 Å². The van der Waals surface area contributed by atoms with Crippen molar-refractivity contribution >= 4 is 49.5 Å². The number of rotatable bonds is 9. The predicted molar refractivity (Wildman–Crippen MR) is 130 cm³/mol. The summed E-state index contributed by atoms with van der Waals surface area (Å²) in [6, 6.07) is 9.54. The van der Waals surface area contributed by atoms with Gasteiger partial charge < -0.3 is 23.5 Å². The van der Waals surface area contributed by atoms with Crippen LogP contribution in [-0.4, -0.2) is 45.0 Å². The van der Waals surface area contributed by atoms with Gasteiger partial charge in [0.1, 0.15) is 0 Å². The first-order chi connectivity index (χ1) is 15.5. The predicted octanol–water partition coefficient (Wildman–Crippen LogP) is 4.67. The van der Waals surface area contributed by atoms with Crippen molar-refractivity contribution in [2.45, 2.75) is 13.5 Å². The Morgan fingerprint density at radius 2 is 1.84 bits per heavy atom. The molecule has 2 aromatic carbocycles. The third kappa shape index (κ3) is 5.59. The van der Waals surface area contributed by atoms with Crippen LogP contribution in [0.2, 0.25) is 0 Å². The molecule has 0 N–H and O–H groups in total. The van der Waals surface area contributed by atoms with Crippen molar-refractivity contribution in [3.8, 4) is 17.2 Å². The molecule has 0 saturated heterocycles. The normalized spacial score (nSPS) is 12.0. The minimum absolute atomic E-state index is 0.366. The third-order valence-corrected chi connectivity index (χ3v) is 6.15. The molecule has 0 aliphatic heterocycles. The first-order valence-electron chi connectivity index (χ1n) is 9.94. The second kappa shape index (κ2) is 11.3. The molecule has 0 aliphatic carbocycles. The van der Waals surface area contributed by atoms with E-state index in [-0.39, 0.29) is 5.91 Å². The van der Waals surface area contributed by atoms with E-state index in [9.17, 15) is 4.79 Å². The van der Waals surface area contributed by atoms with Gasteiger partial charge in [-0.05, 0) is 48.9 Å². The van der Waals surface area contributed by atoms with Gasteiger partial charge in [0.05, 0.1) is 38.2 Å². The molecule has 170 valence electrons. The average molecular weight is 521 g/mol. The van der Waals surface area contributed by atoms with Crippen molar-refractivity contribution in [3.05, 3.63) is 51.2 Å². The number of amides is 1. The van der Waals surface area contributed by atoms with Gasteiger partial charge in [-0.2, -0.15) is 4.99 Å². The number of carbonyl (C=O) groups is 1. The third-order valence-electron chi connectivity index (χ3n) is 4.62. The second-order valence-corrected chi connectivity index (χ2v) is 8.51. The molecule has 1 heterocycles. The highest BCUT2D eigenvalue weighted by atomic mass is 79.9. The Morgan fingerprint density at radius 1 is 1.12 bits per heavy atom. The van der Waals surface area contributed by atoms with Crippen LogP contribution in [0.15, 0.2) is 45.9 Å². The summed E-state index contributed by atoms with van der Waals surface area (Å²) < 4.78 is 25.6. The summed E-state index contributed by atoms with van der Waals surface area (Å²) >= 11 is 4.96. The summed E-state index contributed by atoms with van der Waals surface area (Å²) in [6.07, 6.45) is 3.10. The summed E-state index contributed by atoms with van der Waals surface area (Å²) in [5, 5.41) is 0. The van der Waals surface area contributed by atoms with Gasteiger partial charge in [0, 0.05) is 23.7 Å². The summed E-state index contributed by atoms with van der Waals surface area (Å²) in [6.45, 7) is 3.74. The zero-order chi connectivity index (χ0) is 23.1. The second-order valence-electron chi connectivity index (χ2n) is 6.59. The number of thiazole rings is 1. The van der Waals surface area contributed by atoms with Crippen LogP contribution in [0.3, 0.4) is 0 Å². The Kier molecular flexibility index (Phi) is 8.49. The Hall–Kier alpha value is -2.62. The summed E-state index contributed by atoms with van der Waals surface area (Å²) in [5.41, 5.74) is 1.74. The van der Waals surface area contributed by atoms with Crippen molar-refractivity contribution < 1.29 is 23.7 Å². The fourth-order valence-electron chi connectivity index (χ4n) is 3.15. The van der Waals surface area contributed by atoms with Crippen LogP contribution in [0.1, 0.15) is 12.5 Å². The molecule has 3 aromatic rings. The van der Waals surface area contributed by atoms with Gasteiger partial charge in [-0.25, -0.2) is 0 Å². The van der Waals surface area contributed by atoms with Crippen molar-refractivity contribution in [1.82, 2.24) is 4.57 Å². The van der Waals surface area contributed by atoms with Crippen LogP contribution < -0.4 is 19.0 Å². The van der Waals surface area contributed by atoms with Crippen molar-refractivity contribution in [2.75, 3.05) is 34.5 Å². The number of aromatic nitrogens is 1. The molecule has 0 radical (unpaired) electrons. The van der Waals surface area contributed by atoms with Crippen molar-refractivity contribution in [3.63, 3.8) is 0 Å². The van der Waals surface area contributed by atoms with E-state index in [1.54, 1.807) is 39.5 Å². The highest BCUT2D eigenvalue weighted by molar-refractivity contribution is 9.10. The van der Waals surface area contributed by atoms with E-state index in [2.05, 4.69) is 20.9 Å². The monoisotopic (exact) mass is 520 g/mol. The van der Waals surface area contributed by atoms with Crippen LogP contribution >= 0.6 is 27.3 Å². The standard InChI is InChI=1S/C23H25BrN2O5S/c1-5-31-11-10-26-17-8-7-16(24)14-20(17)32-23(26)25-21(27)9-6-15-12-18(28-2)22(30-4)19(13-15)29-3/h6-9,12-14H,5,10-11H2,1-4H3. The minimum atomic E-state index is -0.366. The Balaban J connectivity index is 1.94. The summed E-state index contributed by atoms with van der Waals surface area (Å²) in [4.78, 5) is 17.6. The molecule has 3 rings (SSSR count). The highest BCUT2D eigenvalue weighted by Gasteiger charge is 2.12. The molecule has 0 aliphatic rings. The largest absolute Gasteiger partial charge is 0.493 e. The van der Waals surface area contributed by atoms with E-state index in [0.717, 1.165) is 20.3 Å². The fraction of sp³-hybridized carbons (Fsp3) is 0.304. The molecule has 0 bridgehead atoms. The molecular formula is C23H25BrN2O5S. The number of carbonyl (C=O) groups excluding carboxylic acids is 1. The number of methoxy groups -OCH3 is 3. The summed E-state index contributed by atoms with van der Waals surface area (Å²) in [7, 11) is 4.64. The number of benzene rings is 2. The maximum Gasteiger partial charge on any atom is 0.272 e. The molecular weight excluding hydrogens is 496 g/mol.